The van der Waals surface area contributed by atoms with Crippen molar-refractivity contribution in [2.24, 2.45) is 0 Å². The molecule has 1 unspecified atom stereocenters. The van der Waals surface area contributed by atoms with Gasteiger partial charge >= 0.3 is 0 Å². The van der Waals surface area contributed by atoms with Crippen molar-refractivity contribution in [3.05, 3.63) is 100 Å². The van der Waals surface area contributed by atoms with Crippen molar-refractivity contribution in [2.45, 2.75) is 19.0 Å². The lowest BCUT2D eigenvalue weighted by atomic mass is 10.0. The van der Waals surface area contributed by atoms with E-state index in [1.54, 1.807) is 24.3 Å². The van der Waals surface area contributed by atoms with Crippen LogP contribution in [0.5, 0.6) is 0 Å². The molecule has 0 saturated carbocycles. The fourth-order valence-corrected chi connectivity index (χ4v) is 4.87. The van der Waals surface area contributed by atoms with E-state index in [-0.39, 0.29) is 18.7 Å². The molecule has 3 aromatic carbocycles. The summed E-state index contributed by atoms with van der Waals surface area (Å²) in [5.74, 6) is -3.53. The number of halogens is 3. The summed E-state index contributed by atoms with van der Waals surface area (Å²) in [5, 5.41) is 2.58. The normalized spacial score (nSPS) is 12.0. The molecule has 0 fully saturated rings. The number of hydrogen-bond donors (Lipinski definition) is 1. The van der Waals surface area contributed by atoms with Gasteiger partial charge < -0.3 is 10.2 Å². The standard InChI is InChI=1S/C26H26BrF2N3O4S/c1-30-26(34)24(14-18-6-4-3-5-7-18)31(16-19-8-10-20(27)11-9-19)25(33)17-32(37(2,35)36)21-12-13-22(28)23(29)15-21/h3-13,15,24H,14,16-17H2,1-2H3,(H,30,34). The van der Waals surface area contributed by atoms with Crippen molar-refractivity contribution < 1.29 is 26.8 Å². The predicted octanol–water partition coefficient (Wildman–Crippen LogP) is 3.88. The summed E-state index contributed by atoms with van der Waals surface area (Å²) in [6.07, 6.45) is 1.04. The fourth-order valence-electron chi connectivity index (χ4n) is 3.76. The predicted molar refractivity (Wildman–Crippen MR) is 141 cm³/mol. The van der Waals surface area contributed by atoms with Gasteiger partial charge in [0.15, 0.2) is 11.6 Å². The van der Waals surface area contributed by atoms with Gasteiger partial charge in [0.25, 0.3) is 0 Å². The molecule has 0 spiro atoms. The molecule has 0 aliphatic heterocycles. The molecular formula is C26H26BrF2N3O4S. The number of anilines is 1. The second kappa shape index (κ2) is 12.3. The van der Waals surface area contributed by atoms with Gasteiger partial charge in [-0.1, -0.05) is 58.4 Å². The van der Waals surface area contributed by atoms with Crippen LogP contribution in [0.25, 0.3) is 0 Å². The first kappa shape index (κ1) is 28.3. The van der Waals surface area contributed by atoms with Gasteiger partial charge in [0, 0.05) is 30.6 Å². The second-order valence-corrected chi connectivity index (χ2v) is 11.2. The van der Waals surface area contributed by atoms with Crippen LogP contribution in [0.15, 0.2) is 77.3 Å². The minimum absolute atomic E-state index is 0.00636. The number of sulfonamides is 1. The Bertz CT molecular complexity index is 1360. The Balaban J connectivity index is 2.03. The Morgan fingerprint density at radius 3 is 2.16 bits per heavy atom. The maximum Gasteiger partial charge on any atom is 0.244 e. The van der Waals surface area contributed by atoms with Gasteiger partial charge in [0.2, 0.25) is 21.8 Å². The number of carbonyl (C=O) groups is 2. The van der Waals surface area contributed by atoms with Gasteiger partial charge in [-0.25, -0.2) is 17.2 Å². The number of nitrogens with zero attached hydrogens (tertiary/aromatic N) is 2. The van der Waals surface area contributed by atoms with Crippen molar-refractivity contribution in [3.63, 3.8) is 0 Å². The Kier molecular flexibility index (Phi) is 9.39. The maximum atomic E-state index is 13.9. The zero-order valence-corrected chi connectivity index (χ0v) is 22.6. The molecule has 0 heterocycles. The van der Waals surface area contributed by atoms with E-state index in [0.717, 1.165) is 28.4 Å². The molecule has 2 amide bonds. The summed E-state index contributed by atoms with van der Waals surface area (Å²) in [5.41, 5.74) is 1.29. The molecule has 0 aliphatic rings. The zero-order chi connectivity index (χ0) is 27.2. The number of benzene rings is 3. The van der Waals surface area contributed by atoms with E-state index in [4.69, 9.17) is 0 Å². The Morgan fingerprint density at radius 2 is 1.59 bits per heavy atom. The average Bonchev–Trinajstić information content (AvgIpc) is 2.87. The first-order valence-corrected chi connectivity index (χ1v) is 13.9. The summed E-state index contributed by atoms with van der Waals surface area (Å²) >= 11 is 3.36. The number of hydrogen-bond acceptors (Lipinski definition) is 4. The fraction of sp³-hybridized carbons (Fsp3) is 0.231. The molecule has 0 aliphatic carbocycles. The van der Waals surface area contributed by atoms with Crippen LogP contribution in [0.3, 0.4) is 0 Å². The minimum atomic E-state index is -4.08. The lowest BCUT2D eigenvalue weighted by Gasteiger charge is -2.33. The van der Waals surface area contributed by atoms with E-state index in [0.29, 0.717) is 15.9 Å². The molecule has 0 radical (unpaired) electrons. The highest BCUT2D eigenvalue weighted by molar-refractivity contribution is 9.10. The third kappa shape index (κ3) is 7.59. The van der Waals surface area contributed by atoms with E-state index < -0.39 is 46.1 Å². The maximum absolute atomic E-state index is 13.9. The van der Waals surface area contributed by atoms with Crippen molar-refractivity contribution in [1.82, 2.24) is 10.2 Å². The first-order chi connectivity index (χ1) is 17.5. The quantitative estimate of drug-likeness (QED) is 0.386. The number of likely N-dealkylation sites (N-methyl/N-ethyl adjacent to an activating group) is 1. The highest BCUT2D eigenvalue weighted by Crippen LogP contribution is 2.22. The smallest absolute Gasteiger partial charge is 0.244 e. The third-order valence-corrected chi connectivity index (χ3v) is 7.32. The SMILES string of the molecule is CNC(=O)C(Cc1ccccc1)N(Cc1ccc(Br)cc1)C(=O)CN(c1ccc(F)c(F)c1)S(C)(=O)=O. The molecule has 37 heavy (non-hydrogen) atoms. The van der Waals surface area contributed by atoms with Crippen LogP contribution >= 0.6 is 15.9 Å². The van der Waals surface area contributed by atoms with Crippen LogP contribution in [-0.4, -0.2) is 51.0 Å². The molecule has 3 rings (SSSR count). The van der Waals surface area contributed by atoms with Crippen LogP contribution in [0.4, 0.5) is 14.5 Å². The highest BCUT2D eigenvalue weighted by Gasteiger charge is 2.32. The van der Waals surface area contributed by atoms with E-state index in [9.17, 15) is 26.8 Å². The van der Waals surface area contributed by atoms with Gasteiger partial charge in [0.05, 0.1) is 11.9 Å². The van der Waals surface area contributed by atoms with Gasteiger partial charge in [-0.2, -0.15) is 0 Å². The number of amides is 2. The van der Waals surface area contributed by atoms with Crippen molar-refractivity contribution >= 4 is 43.5 Å². The molecular weight excluding hydrogens is 568 g/mol. The van der Waals surface area contributed by atoms with Gasteiger partial charge in [-0.05, 0) is 35.4 Å². The first-order valence-electron chi connectivity index (χ1n) is 11.2. The van der Waals surface area contributed by atoms with Crippen LogP contribution < -0.4 is 9.62 Å². The monoisotopic (exact) mass is 593 g/mol. The molecule has 1 N–H and O–H groups in total. The van der Waals surface area contributed by atoms with Gasteiger partial charge in [-0.15, -0.1) is 0 Å². The molecule has 11 heteroatoms. The van der Waals surface area contributed by atoms with E-state index in [2.05, 4.69) is 21.2 Å². The highest BCUT2D eigenvalue weighted by atomic mass is 79.9. The van der Waals surface area contributed by atoms with Crippen molar-refractivity contribution in [2.75, 3.05) is 24.2 Å². The summed E-state index contributed by atoms with van der Waals surface area (Å²) in [4.78, 5) is 28.0. The van der Waals surface area contributed by atoms with Crippen LogP contribution in [-0.2, 0) is 32.6 Å². The Labute approximate surface area is 223 Å². The minimum Gasteiger partial charge on any atom is -0.357 e. The van der Waals surface area contributed by atoms with E-state index >= 15 is 0 Å². The molecule has 0 aromatic heterocycles. The molecule has 0 saturated heterocycles. The van der Waals surface area contributed by atoms with E-state index in [1.807, 2.05) is 30.3 Å². The summed E-state index contributed by atoms with van der Waals surface area (Å²) < 4.78 is 54.1. The molecule has 1 atom stereocenters. The second-order valence-electron chi connectivity index (χ2n) is 8.34. The number of rotatable bonds is 10. The summed E-state index contributed by atoms with van der Waals surface area (Å²) in [6, 6.07) is 17.8. The average molecular weight is 594 g/mol. The topological polar surface area (TPSA) is 86.8 Å². The third-order valence-electron chi connectivity index (χ3n) is 5.65. The van der Waals surface area contributed by atoms with Crippen LogP contribution in [0, 0.1) is 11.6 Å². The van der Waals surface area contributed by atoms with E-state index in [1.165, 1.54) is 11.9 Å². The van der Waals surface area contributed by atoms with Gasteiger partial charge in [-0.3, -0.25) is 13.9 Å². The summed E-state index contributed by atoms with van der Waals surface area (Å²) in [7, 11) is -2.62. The van der Waals surface area contributed by atoms with Crippen molar-refractivity contribution in [1.29, 1.82) is 0 Å². The number of nitrogens with one attached hydrogen (secondary N) is 1. The lowest BCUT2D eigenvalue weighted by molar-refractivity contribution is -0.139. The van der Waals surface area contributed by atoms with Crippen LogP contribution in [0.2, 0.25) is 0 Å². The number of carbonyl (C=O) groups excluding carboxylic acids is 2. The lowest BCUT2D eigenvalue weighted by Crippen LogP contribution is -2.52. The molecule has 0 bridgehead atoms. The zero-order valence-electron chi connectivity index (χ0n) is 20.2. The molecule has 3 aromatic rings. The molecule has 7 nitrogen and oxygen atoms in total. The van der Waals surface area contributed by atoms with Crippen molar-refractivity contribution in [3.8, 4) is 0 Å². The van der Waals surface area contributed by atoms with Gasteiger partial charge in [0.1, 0.15) is 12.6 Å². The Morgan fingerprint density at radius 1 is 0.946 bits per heavy atom. The largest absolute Gasteiger partial charge is 0.357 e. The van der Waals surface area contributed by atoms with Crippen LogP contribution in [0.1, 0.15) is 11.1 Å². The summed E-state index contributed by atoms with van der Waals surface area (Å²) in [6.45, 7) is -0.713. The Hall–Kier alpha value is -3.31. The molecule has 196 valence electrons.